The third-order valence-corrected chi connectivity index (χ3v) is 4.10. The van der Waals surface area contributed by atoms with E-state index in [0.717, 1.165) is 18.4 Å². The zero-order chi connectivity index (χ0) is 13.4. The number of rotatable bonds is 2. The predicted octanol–water partition coefficient (Wildman–Crippen LogP) is 3.04. The molecule has 0 bridgehead atoms. The van der Waals surface area contributed by atoms with Gasteiger partial charge in [-0.1, -0.05) is 23.7 Å². The van der Waals surface area contributed by atoms with Crippen LogP contribution >= 0.6 is 11.6 Å². The predicted molar refractivity (Wildman–Crippen MR) is 74.0 cm³/mol. The summed E-state index contributed by atoms with van der Waals surface area (Å²) in [5.74, 6) is 0.559. The van der Waals surface area contributed by atoms with Gasteiger partial charge in [-0.05, 0) is 37.5 Å². The molecule has 1 saturated heterocycles. The van der Waals surface area contributed by atoms with Gasteiger partial charge < -0.3 is 9.64 Å². The normalized spacial score (nSPS) is 27.4. The second-order valence-electron chi connectivity index (χ2n) is 5.49. The van der Waals surface area contributed by atoms with Crippen molar-refractivity contribution in [2.45, 2.75) is 31.9 Å². The highest BCUT2D eigenvalue weighted by molar-refractivity contribution is 6.30. The lowest BCUT2D eigenvalue weighted by Crippen LogP contribution is -2.48. The molecule has 2 atom stereocenters. The third-order valence-electron chi connectivity index (χ3n) is 3.86. The molecule has 4 heteroatoms. The first kappa shape index (κ1) is 12.9. The van der Waals surface area contributed by atoms with E-state index in [0.29, 0.717) is 24.1 Å². The average Bonchev–Trinajstić information content (AvgIpc) is 3.23. The Morgan fingerprint density at radius 1 is 1.42 bits per heavy atom. The van der Waals surface area contributed by atoms with Crippen molar-refractivity contribution in [3.8, 4) is 0 Å². The Morgan fingerprint density at radius 3 is 2.89 bits per heavy atom. The smallest absolute Gasteiger partial charge is 0.226 e. The van der Waals surface area contributed by atoms with Crippen molar-refractivity contribution in [1.82, 2.24) is 4.90 Å². The fourth-order valence-electron chi connectivity index (χ4n) is 2.54. The van der Waals surface area contributed by atoms with Crippen LogP contribution in [0.2, 0.25) is 5.02 Å². The van der Waals surface area contributed by atoms with Crippen LogP contribution in [0.25, 0.3) is 0 Å². The van der Waals surface area contributed by atoms with Gasteiger partial charge in [-0.3, -0.25) is 4.79 Å². The molecule has 0 radical (unpaired) electrons. The molecule has 1 aromatic rings. The van der Waals surface area contributed by atoms with Crippen LogP contribution in [0.5, 0.6) is 0 Å². The summed E-state index contributed by atoms with van der Waals surface area (Å²) in [5, 5.41) is 0.708. The lowest BCUT2D eigenvalue weighted by molar-refractivity contribution is -0.145. The van der Waals surface area contributed by atoms with Crippen LogP contribution in [0.1, 0.15) is 31.4 Å². The number of ether oxygens (including phenoxy) is 1. The molecule has 102 valence electrons. The molecule has 19 heavy (non-hydrogen) atoms. The van der Waals surface area contributed by atoms with Crippen molar-refractivity contribution in [1.29, 1.82) is 0 Å². The summed E-state index contributed by atoms with van der Waals surface area (Å²) in [6.45, 7) is 3.28. The van der Waals surface area contributed by atoms with E-state index < -0.39 is 0 Å². The van der Waals surface area contributed by atoms with Gasteiger partial charge in [0.15, 0.2) is 0 Å². The summed E-state index contributed by atoms with van der Waals surface area (Å²) < 4.78 is 5.86. The summed E-state index contributed by atoms with van der Waals surface area (Å²) >= 11 is 6.02. The first-order valence-electron chi connectivity index (χ1n) is 6.82. The molecule has 2 fully saturated rings. The number of hydrogen-bond acceptors (Lipinski definition) is 2. The van der Waals surface area contributed by atoms with Gasteiger partial charge in [0.2, 0.25) is 5.91 Å². The number of morpholine rings is 1. The molecule has 3 nitrogen and oxygen atoms in total. The lowest BCUT2D eigenvalue weighted by Gasteiger charge is -2.38. The number of halogens is 1. The zero-order valence-corrected chi connectivity index (χ0v) is 11.8. The Balaban J connectivity index is 1.75. The summed E-state index contributed by atoms with van der Waals surface area (Å²) in [5.41, 5.74) is 1.05. The Morgan fingerprint density at radius 2 is 2.21 bits per heavy atom. The Labute approximate surface area is 118 Å². The molecule has 1 aliphatic heterocycles. The monoisotopic (exact) mass is 279 g/mol. The van der Waals surface area contributed by atoms with Crippen LogP contribution < -0.4 is 0 Å². The summed E-state index contributed by atoms with van der Waals surface area (Å²) in [6, 6.07) is 7.87. The minimum Gasteiger partial charge on any atom is -0.370 e. The van der Waals surface area contributed by atoms with Crippen LogP contribution in [0, 0.1) is 5.92 Å². The lowest BCUT2D eigenvalue weighted by atomic mass is 10.1. The second kappa shape index (κ2) is 5.14. The van der Waals surface area contributed by atoms with Crippen molar-refractivity contribution in [3.63, 3.8) is 0 Å². The Bertz CT molecular complexity index is 487. The minimum absolute atomic E-state index is 0.0578. The van der Waals surface area contributed by atoms with E-state index in [-0.39, 0.29) is 18.1 Å². The maximum atomic E-state index is 12.3. The minimum atomic E-state index is -0.0578. The van der Waals surface area contributed by atoms with E-state index in [2.05, 4.69) is 6.92 Å². The SMILES string of the molecule is C[C@@H]1CO[C@H](c2cccc(Cl)c2)CN1C(=O)C1CC1. The number of amides is 1. The van der Waals surface area contributed by atoms with Crippen LogP contribution in [0.3, 0.4) is 0 Å². The van der Waals surface area contributed by atoms with E-state index in [1.807, 2.05) is 29.2 Å². The van der Waals surface area contributed by atoms with Gasteiger partial charge in [-0.25, -0.2) is 0 Å². The number of carbonyl (C=O) groups is 1. The van der Waals surface area contributed by atoms with Crippen LogP contribution in [-0.2, 0) is 9.53 Å². The molecular weight excluding hydrogens is 262 g/mol. The summed E-state index contributed by atoms with van der Waals surface area (Å²) in [4.78, 5) is 14.2. The molecule has 1 heterocycles. The number of hydrogen-bond donors (Lipinski definition) is 0. The molecule has 1 aromatic carbocycles. The van der Waals surface area contributed by atoms with Crippen molar-refractivity contribution >= 4 is 17.5 Å². The quantitative estimate of drug-likeness (QED) is 0.833. The van der Waals surface area contributed by atoms with Crippen molar-refractivity contribution < 1.29 is 9.53 Å². The molecule has 0 N–H and O–H groups in total. The van der Waals surface area contributed by atoms with Gasteiger partial charge in [-0.2, -0.15) is 0 Å². The van der Waals surface area contributed by atoms with E-state index in [9.17, 15) is 4.79 Å². The highest BCUT2D eigenvalue weighted by Gasteiger charge is 2.38. The second-order valence-corrected chi connectivity index (χ2v) is 5.93. The summed E-state index contributed by atoms with van der Waals surface area (Å²) in [6.07, 6.45) is 2.03. The fourth-order valence-corrected chi connectivity index (χ4v) is 2.74. The average molecular weight is 280 g/mol. The molecular formula is C15H18ClNO2. The first-order valence-corrected chi connectivity index (χ1v) is 7.20. The largest absolute Gasteiger partial charge is 0.370 e. The fraction of sp³-hybridized carbons (Fsp3) is 0.533. The van der Waals surface area contributed by atoms with Gasteiger partial charge in [-0.15, -0.1) is 0 Å². The molecule has 1 aliphatic carbocycles. The van der Waals surface area contributed by atoms with E-state index in [4.69, 9.17) is 16.3 Å². The molecule has 1 amide bonds. The first-order chi connectivity index (χ1) is 9.15. The number of carbonyl (C=O) groups excluding carboxylic acids is 1. The summed E-state index contributed by atoms with van der Waals surface area (Å²) in [7, 11) is 0. The maximum absolute atomic E-state index is 12.3. The van der Waals surface area contributed by atoms with Gasteiger partial charge in [0.1, 0.15) is 6.10 Å². The van der Waals surface area contributed by atoms with Crippen molar-refractivity contribution in [3.05, 3.63) is 34.9 Å². The van der Waals surface area contributed by atoms with E-state index >= 15 is 0 Å². The highest BCUT2D eigenvalue weighted by atomic mass is 35.5. The van der Waals surface area contributed by atoms with E-state index in [1.165, 1.54) is 0 Å². The standard InChI is InChI=1S/C15H18ClNO2/c1-10-9-19-14(12-3-2-4-13(16)7-12)8-17(10)15(18)11-5-6-11/h2-4,7,10-11,14H,5-6,8-9H2,1H3/t10-,14+/m1/s1. The van der Waals surface area contributed by atoms with E-state index in [1.54, 1.807) is 0 Å². The number of benzene rings is 1. The van der Waals surface area contributed by atoms with Crippen LogP contribution in [-0.4, -0.2) is 30.0 Å². The Kier molecular flexibility index (Phi) is 3.50. The maximum Gasteiger partial charge on any atom is 0.226 e. The van der Waals surface area contributed by atoms with Crippen molar-refractivity contribution in [2.24, 2.45) is 5.92 Å². The van der Waals surface area contributed by atoms with Gasteiger partial charge in [0.05, 0.1) is 19.2 Å². The molecule has 2 aliphatic rings. The highest BCUT2D eigenvalue weighted by Crippen LogP contribution is 2.34. The number of nitrogens with zero attached hydrogens (tertiary/aromatic N) is 1. The topological polar surface area (TPSA) is 29.5 Å². The molecule has 1 saturated carbocycles. The van der Waals surface area contributed by atoms with Crippen LogP contribution in [0.15, 0.2) is 24.3 Å². The van der Waals surface area contributed by atoms with Gasteiger partial charge >= 0.3 is 0 Å². The van der Waals surface area contributed by atoms with Crippen molar-refractivity contribution in [2.75, 3.05) is 13.2 Å². The van der Waals surface area contributed by atoms with Gasteiger partial charge in [0, 0.05) is 10.9 Å². The molecule has 0 unspecified atom stereocenters. The van der Waals surface area contributed by atoms with Gasteiger partial charge in [0.25, 0.3) is 0 Å². The zero-order valence-electron chi connectivity index (χ0n) is 11.0. The molecule has 3 rings (SSSR count). The molecule has 0 aromatic heterocycles. The third kappa shape index (κ3) is 2.77. The van der Waals surface area contributed by atoms with Crippen LogP contribution in [0.4, 0.5) is 0 Å². The molecule has 0 spiro atoms. The Hall–Kier alpha value is -1.06.